The predicted octanol–water partition coefficient (Wildman–Crippen LogP) is 1.45. The molecule has 0 heterocycles. The van der Waals surface area contributed by atoms with Crippen molar-refractivity contribution in [2.24, 2.45) is 0 Å². The van der Waals surface area contributed by atoms with Crippen molar-refractivity contribution < 1.29 is 17.9 Å². The van der Waals surface area contributed by atoms with Gasteiger partial charge in [-0.1, -0.05) is 18.2 Å². The number of hydrogen-bond acceptors (Lipinski definition) is 5. The number of rotatable bonds is 10. The molecule has 0 aliphatic heterocycles. The highest BCUT2D eigenvalue weighted by Gasteiger charge is 2.15. The van der Waals surface area contributed by atoms with Crippen LogP contribution in [0.4, 0.5) is 5.69 Å². The SMILES string of the molecule is COCCNCCNC(=O)c1ccc(S(=O)(=O)Nc2ccccc2)cc1. The zero-order valence-corrected chi connectivity index (χ0v) is 15.4. The summed E-state index contributed by atoms with van der Waals surface area (Å²) in [7, 11) is -2.06. The van der Waals surface area contributed by atoms with Crippen molar-refractivity contribution in [1.29, 1.82) is 0 Å². The monoisotopic (exact) mass is 377 g/mol. The number of sulfonamides is 1. The predicted molar refractivity (Wildman–Crippen MR) is 101 cm³/mol. The molecule has 2 aromatic carbocycles. The number of amides is 1. The van der Waals surface area contributed by atoms with E-state index in [0.29, 0.717) is 37.5 Å². The average Bonchev–Trinajstić information content (AvgIpc) is 2.65. The number of nitrogens with one attached hydrogen (secondary N) is 3. The minimum Gasteiger partial charge on any atom is -0.383 e. The van der Waals surface area contributed by atoms with Crippen molar-refractivity contribution in [2.45, 2.75) is 4.90 Å². The Balaban J connectivity index is 1.89. The van der Waals surface area contributed by atoms with Gasteiger partial charge in [-0.3, -0.25) is 9.52 Å². The lowest BCUT2D eigenvalue weighted by atomic mass is 10.2. The summed E-state index contributed by atoms with van der Waals surface area (Å²) in [6, 6.07) is 14.4. The molecule has 0 unspecified atom stereocenters. The van der Waals surface area contributed by atoms with Crippen molar-refractivity contribution in [3.63, 3.8) is 0 Å². The molecule has 0 radical (unpaired) electrons. The molecule has 0 aromatic heterocycles. The molecule has 0 saturated heterocycles. The van der Waals surface area contributed by atoms with E-state index in [1.807, 2.05) is 0 Å². The quantitative estimate of drug-likeness (QED) is 0.545. The minimum atomic E-state index is -3.69. The van der Waals surface area contributed by atoms with Gasteiger partial charge in [0.05, 0.1) is 11.5 Å². The van der Waals surface area contributed by atoms with Crippen LogP contribution in [0, 0.1) is 0 Å². The van der Waals surface area contributed by atoms with E-state index < -0.39 is 10.0 Å². The Kier molecular flexibility index (Phi) is 7.58. The van der Waals surface area contributed by atoms with Gasteiger partial charge in [0.15, 0.2) is 0 Å². The van der Waals surface area contributed by atoms with Crippen LogP contribution in [0.5, 0.6) is 0 Å². The lowest BCUT2D eigenvalue weighted by Crippen LogP contribution is -2.33. The number of methoxy groups -OCH3 is 1. The van der Waals surface area contributed by atoms with E-state index in [1.54, 1.807) is 37.4 Å². The zero-order valence-electron chi connectivity index (χ0n) is 14.6. The van der Waals surface area contributed by atoms with Gasteiger partial charge >= 0.3 is 0 Å². The van der Waals surface area contributed by atoms with Crippen LogP contribution in [0.25, 0.3) is 0 Å². The Morgan fingerprint density at radius 2 is 1.65 bits per heavy atom. The van der Waals surface area contributed by atoms with Gasteiger partial charge in [0, 0.05) is 38.0 Å². The van der Waals surface area contributed by atoms with Crippen LogP contribution in [-0.4, -0.2) is 47.7 Å². The molecular weight excluding hydrogens is 354 g/mol. The van der Waals surface area contributed by atoms with Gasteiger partial charge in [0.25, 0.3) is 15.9 Å². The Morgan fingerprint density at radius 3 is 2.31 bits per heavy atom. The molecule has 26 heavy (non-hydrogen) atoms. The number of para-hydroxylation sites is 1. The maximum Gasteiger partial charge on any atom is 0.261 e. The van der Waals surface area contributed by atoms with Gasteiger partial charge in [-0.15, -0.1) is 0 Å². The molecule has 8 heteroatoms. The molecule has 2 rings (SSSR count). The molecule has 0 saturated carbocycles. The summed E-state index contributed by atoms with van der Waals surface area (Å²) in [6.07, 6.45) is 0. The topological polar surface area (TPSA) is 96.5 Å². The Morgan fingerprint density at radius 1 is 0.962 bits per heavy atom. The summed E-state index contributed by atoms with van der Waals surface area (Å²) in [6.45, 7) is 2.43. The van der Waals surface area contributed by atoms with Crippen LogP contribution in [0.15, 0.2) is 59.5 Å². The maximum absolute atomic E-state index is 12.3. The molecule has 0 aliphatic carbocycles. The summed E-state index contributed by atoms with van der Waals surface area (Å²) in [5, 5.41) is 5.88. The smallest absolute Gasteiger partial charge is 0.261 e. The van der Waals surface area contributed by atoms with Crippen LogP contribution in [0.1, 0.15) is 10.4 Å². The number of carbonyl (C=O) groups excluding carboxylic acids is 1. The van der Waals surface area contributed by atoms with Crippen LogP contribution in [0.3, 0.4) is 0 Å². The largest absolute Gasteiger partial charge is 0.383 e. The Labute approximate surface area is 153 Å². The molecule has 140 valence electrons. The van der Waals surface area contributed by atoms with E-state index >= 15 is 0 Å². The summed E-state index contributed by atoms with van der Waals surface area (Å²) in [5.74, 6) is -0.251. The first kappa shape index (κ1) is 19.9. The maximum atomic E-state index is 12.3. The fraction of sp³-hybridized carbons (Fsp3) is 0.278. The Bertz CT molecular complexity index is 793. The number of anilines is 1. The van der Waals surface area contributed by atoms with E-state index in [4.69, 9.17) is 4.74 Å². The number of carbonyl (C=O) groups is 1. The fourth-order valence-electron chi connectivity index (χ4n) is 2.17. The third kappa shape index (κ3) is 6.14. The highest BCUT2D eigenvalue weighted by Crippen LogP contribution is 2.16. The van der Waals surface area contributed by atoms with E-state index in [2.05, 4.69) is 15.4 Å². The van der Waals surface area contributed by atoms with Crippen LogP contribution in [0.2, 0.25) is 0 Å². The third-order valence-corrected chi connectivity index (χ3v) is 4.92. The van der Waals surface area contributed by atoms with E-state index in [1.165, 1.54) is 24.3 Å². The number of benzene rings is 2. The van der Waals surface area contributed by atoms with Crippen LogP contribution < -0.4 is 15.4 Å². The summed E-state index contributed by atoms with van der Waals surface area (Å²) in [5.41, 5.74) is 0.885. The first-order valence-electron chi connectivity index (χ1n) is 8.19. The second-order valence-corrected chi connectivity index (χ2v) is 7.18. The highest BCUT2D eigenvalue weighted by atomic mass is 32.2. The van der Waals surface area contributed by atoms with Crippen molar-refractivity contribution in [3.8, 4) is 0 Å². The van der Waals surface area contributed by atoms with E-state index in [9.17, 15) is 13.2 Å². The molecule has 1 amide bonds. The van der Waals surface area contributed by atoms with Crippen molar-refractivity contribution in [3.05, 3.63) is 60.2 Å². The summed E-state index contributed by atoms with van der Waals surface area (Å²) >= 11 is 0. The van der Waals surface area contributed by atoms with Gasteiger partial charge in [-0.05, 0) is 36.4 Å². The number of hydrogen-bond donors (Lipinski definition) is 3. The minimum absolute atomic E-state index is 0.0964. The van der Waals surface area contributed by atoms with Gasteiger partial charge in [-0.25, -0.2) is 8.42 Å². The second kappa shape index (κ2) is 9.91. The average molecular weight is 377 g/mol. The molecule has 3 N–H and O–H groups in total. The molecular formula is C18H23N3O4S. The Hall–Kier alpha value is -2.42. The normalized spacial score (nSPS) is 11.1. The fourth-order valence-corrected chi connectivity index (χ4v) is 3.23. The zero-order chi connectivity index (χ0) is 18.8. The molecule has 0 fully saturated rings. The van der Waals surface area contributed by atoms with Crippen LogP contribution in [-0.2, 0) is 14.8 Å². The highest BCUT2D eigenvalue weighted by molar-refractivity contribution is 7.92. The first-order chi connectivity index (χ1) is 12.5. The lowest BCUT2D eigenvalue weighted by Gasteiger charge is -2.09. The van der Waals surface area contributed by atoms with Gasteiger partial charge < -0.3 is 15.4 Å². The molecule has 2 aromatic rings. The standard InChI is InChI=1S/C18H23N3O4S/c1-25-14-13-19-11-12-20-18(22)15-7-9-17(10-8-15)26(23,24)21-16-5-3-2-4-6-16/h2-10,19,21H,11-14H2,1H3,(H,20,22). The van der Waals surface area contributed by atoms with Crippen molar-refractivity contribution in [2.75, 3.05) is 38.1 Å². The van der Waals surface area contributed by atoms with E-state index in [0.717, 1.165) is 0 Å². The molecule has 7 nitrogen and oxygen atoms in total. The van der Waals surface area contributed by atoms with Gasteiger partial charge in [0.2, 0.25) is 0 Å². The van der Waals surface area contributed by atoms with Gasteiger partial charge in [0.1, 0.15) is 0 Å². The van der Waals surface area contributed by atoms with Crippen LogP contribution >= 0.6 is 0 Å². The molecule has 0 spiro atoms. The van der Waals surface area contributed by atoms with Crippen molar-refractivity contribution in [1.82, 2.24) is 10.6 Å². The molecule has 0 bridgehead atoms. The molecule has 0 atom stereocenters. The van der Waals surface area contributed by atoms with Gasteiger partial charge in [-0.2, -0.15) is 0 Å². The lowest BCUT2D eigenvalue weighted by molar-refractivity contribution is 0.0953. The summed E-state index contributed by atoms with van der Waals surface area (Å²) in [4.78, 5) is 12.2. The summed E-state index contributed by atoms with van der Waals surface area (Å²) < 4.78 is 32.1. The number of ether oxygens (including phenoxy) is 1. The first-order valence-corrected chi connectivity index (χ1v) is 9.67. The second-order valence-electron chi connectivity index (χ2n) is 5.49. The molecule has 0 aliphatic rings. The van der Waals surface area contributed by atoms with Crippen molar-refractivity contribution >= 4 is 21.6 Å². The third-order valence-electron chi connectivity index (χ3n) is 3.52. The van der Waals surface area contributed by atoms with E-state index in [-0.39, 0.29) is 10.8 Å².